The molecule has 0 N–H and O–H groups in total. The smallest absolute Gasteiger partial charge is 0.160 e. The van der Waals surface area contributed by atoms with Crippen LogP contribution in [0.15, 0.2) is 138 Å². The molecule has 0 saturated heterocycles. The van der Waals surface area contributed by atoms with E-state index in [1.807, 2.05) is 61.5 Å². The summed E-state index contributed by atoms with van der Waals surface area (Å²) in [7, 11) is 0. The van der Waals surface area contributed by atoms with Gasteiger partial charge in [0.2, 0.25) is 0 Å². The van der Waals surface area contributed by atoms with Crippen LogP contribution in [0.4, 0.5) is 0 Å². The van der Waals surface area contributed by atoms with Crippen LogP contribution in [0.2, 0.25) is 0 Å². The highest BCUT2D eigenvalue weighted by Gasteiger charge is 2.23. The minimum Gasteiger partial charge on any atom is -0.264 e. The molecule has 1 heterocycles. The first kappa shape index (κ1) is 26.7. The highest BCUT2D eigenvalue weighted by Crippen LogP contribution is 2.34. The average Bonchev–Trinajstić information content (AvgIpc) is 3.02. The Balaban J connectivity index is 1.48. The Morgan fingerprint density at radius 1 is 0.675 bits per heavy atom. The molecular weight excluding hydrogens is 486 g/mol. The molecule has 5 rings (SSSR count). The largest absolute Gasteiger partial charge is 0.264 e. The topological polar surface area (TPSA) is 38.1 Å². The summed E-state index contributed by atoms with van der Waals surface area (Å²) >= 11 is 0. The van der Waals surface area contributed by atoms with Gasteiger partial charge in [-0.2, -0.15) is 0 Å². The molecule has 0 saturated carbocycles. The van der Waals surface area contributed by atoms with E-state index in [-0.39, 0.29) is 5.41 Å². The molecule has 0 atom stereocenters. The lowest BCUT2D eigenvalue weighted by atomic mass is 9.77. The van der Waals surface area contributed by atoms with Crippen LogP contribution in [0.3, 0.4) is 0 Å². The molecule has 0 amide bonds. The Bertz CT molecular complexity index is 1590. The van der Waals surface area contributed by atoms with Crippen molar-refractivity contribution in [2.45, 2.75) is 26.2 Å². The van der Waals surface area contributed by atoms with Crippen molar-refractivity contribution in [1.82, 2.24) is 9.97 Å². The van der Waals surface area contributed by atoms with Crippen molar-refractivity contribution >= 4 is 12.4 Å². The Kier molecular flexibility index (Phi) is 7.93. The number of benzene rings is 4. The van der Waals surface area contributed by atoms with Gasteiger partial charge in [-0.3, -0.25) is 4.99 Å². The average molecular weight is 520 g/mol. The molecule has 0 fully saturated rings. The van der Waals surface area contributed by atoms with Crippen molar-refractivity contribution in [3.05, 3.63) is 150 Å². The van der Waals surface area contributed by atoms with Crippen LogP contribution in [0.1, 0.15) is 37.5 Å². The van der Waals surface area contributed by atoms with Crippen molar-refractivity contribution in [3.8, 4) is 33.9 Å². The van der Waals surface area contributed by atoms with E-state index in [0.717, 1.165) is 45.2 Å². The summed E-state index contributed by atoms with van der Waals surface area (Å²) < 4.78 is 0. The second kappa shape index (κ2) is 11.9. The van der Waals surface area contributed by atoms with E-state index in [2.05, 4.69) is 104 Å². The molecule has 5 aromatic rings. The molecule has 0 unspecified atom stereocenters. The summed E-state index contributed by atoms with van der Waals surface area (Å²) in [6.07, 6.45) is 5.94. The van der Waals surface area contributed by atoms with E-state index in [1.165, 1.54) is 11.1 Å². The zero-order valence-electron chi connectivity index (χ0n) is 23.3. The van der Waals surface area contributed by atoms with Crippen molar-refractivity contribution in [1.29, 1.82) is 0 Å². The second-order valence-electron chi connectivity index (χ2n) is 10.2. The zero-order valence-corrected chi connectivity index (χ0v) is 23.3. The Hall–Kier alpha value is -4.89. The first-order chi connectivity index (χ1) is 19.5. The third-order valence-corrected chi connectivity index (χ3v) is 7.25. The molecular formula is C37H33N3. The van der Waals surface area contributed by atoms with Crippen LogP contribution in [0.5, 0.6) is 0 Å². The Morgan fingerprint density at radius 3 is 1.70 bits per heavy atom. The monoisotopic (exact) mass is 519 g/mol. The van der Waals surface area contributed by atoms with Crippen molar-refractivity contribution in [2.75, 3.05) is 0 Å². The molecule has 0 aliphatic heterocycles. The fraction of sp³-hybridized carbons (Fsp3) is 0.108. The third kappa shape index (κ3) is 5.74. The van der Waals surface area contributed by atoms with Crippen LogP contribution in [-0.4, -0.2) is 16.7 Å². The van der Waals surface area contributed by atoms with Gasteiger partial charge in [-0.05, 0) is 36.9 Å². The molecule has 3 heteroatoms. The lowest BCUT2D eigenvalue weighted by molar-refractivity contribution is 0.641. The van der Waals surface area contributed by atoms with E-state index >= 15 is 0 Å². The molecule has 196 valence electrons. The van der Waals surface area contributed by atoms with Gasteiger partial charge in [0.25, 0.3) is 0 Å². The zero-order chi connectivity index (χ0) is 28.0. The number of rotatable bonds is 8. The minimum atomic E-state index is -0.179. The van der Waals surface area contributed by atoms with Crippen molar-refractivity contribution in [2.24, 2.45) is 4.99 Å². The molecule has 3 nitrogen and oxygen atoms in total. The predicted octanol–water partition coefficient (Wildman–Crippen LogP) is 9.42. The maximum Gasteiger partial charge on any atom is 0.160 e. The van der Waals surface area contributed by atoms with E-state index < -0.39 is 0 Å². The summed E-state index contributed by atoms with van der Waals surface area (Å²) in [5.41, 5.74) is 9.14. The van der Waals surface area contributed by atoms with Gasteiger partial charge in [-0.25, -0.2) is 9.97 Å². The van der Waals surface area contributed by atoms with Gasteiger partial charge in [-0.15, -0.1) is 0 Å². The second-order valence-corrected chi connectivity index (χ2v) is 10.2. The SMILES string of the molecule is C=N/C(=C\C=C/C)c1ccc(C(C)(C)c2ccc(-c3cc(-c4ccccc4)nc(-c4ccccc4)n3)cc2)cc1. The van der Waals surface area contributed by atoms with E-state index in [0.29, 0.717) is 0 Å². The first-order valence-corrected chi connectivity index (χ1v) is 13.5. The lowest BCUT2D eigenvalue weighted by Crippen LogP contribution is -2.18. The fourth-order valence-electron chi connectivity index (χ4n) is 4.78. The Morgan fingerprint density at radius 2 is 1.18 bits per heavy atom. The molecule has 0 bridgehead atoms. The number of hydrogen-bond acceptors (Lipinski definition) is 3. The first-order valence-electron chi connectivity index (χ1n) is 13.5. The molecule has 1 aromatic heterocycles. The molecule has 0 aliphatic carbocycles. The van der Waals surface area contributed by atoms with Crippen molar-refractivity contribution in [3.63, 3.8) is 0 Å². The summed E-state index contributed by atoms with van der Waals surface area (Å²) in [6.45, 7) is 10.2. The summed E-state index contributed by atoms with van der Waals surface area (Å²) in [6, 6.07) is 39.8. The molecule has 4 aromatic carbocycles. The number of hydrogen-bond donors (Lipinski definition) is 0. The number of allylic oxidation sites excluding steroid dienone is 3. The Labute approximate surface area is 237 Å². The van der Waals surface area contributed by atoms with Crippen LogP contribution >= 0.6 is 0 Å². The molecule has 0 spiro atoms. The fourth-order valence-corrected chi connectivity index (χ4v) is 4.78. The van der Waals surface area contributed by atoms with Gasteiger partial charge in [0.1, 0.15) is 0 Å². The standard InChI is InChI=1S/C37H33N3/c1-5-6-17-33(38-4)28-18-22-31(23-19-28)37(2,3)32-24-20-29(21-25-32)35-26-34(27-13-9-7-10-14-27)39-36(40-35)30-15-11-8-12-16-30/h5-26H,4H2,1-3H3/b6-5-,33-17-. The van der Waals surface area contributed by atoms with Gasteiger partial charge in [-0.1, -0.05) is 135 Å². The van der Waals surface area contributed by atoms with Gasteiger partial charge < -0.3 is 0 Å². The highest BCUT2D eigenvalue weighted by atomic mass is 14.9. The normalized spacial score (nSPS) is 12.0. The van der Waals surface area contributed by atoms with Crippen LogP contribution in [0, 0.1) is 0 Å². The van der Waals surface area contributed by atoms with Gasteiger partial charge in [0, 0.05) is 27.7 Å². The number of aromatic nitrogens is 2. The molecule has 0 aliphatic rings. The van der Waals surface area contributed by atoms with Gasteiger partial charge in [0.15, 0.2) is 5.82 Å². The minimum absolute atomic E-state index is 0.179. The molecule has 40 heavy (non-hydrogen) atoms. The molecule has 0 radical (unpaired) electrons. The van der Waals surface area contributed by atoms with E-state index in [1.54, 1.807) is 0 Å². The summed E-state index contributed by atoms with van der Waals surface area (Å²) in [5.74, 6) is 0.721. The van der Waals surface area contributed by atoms with E-state index in [9.17, 15) is 0 Å². The third-order valence-electron chi connectivity index (χ3n) is 7.25. The maximum atomic E-state index is 4.97. The van der Waals surface area contributed by atoms with Crippen LogP contribution in [0.25, 0.3) is 39.6 Å². The highest BCUT2D eigenvalue weighted by molar-refractivity contribution is 5.72. The van der Waals surface area contributed by atoms with Crippen LogP contribution in [-0.2, 0) is 5.41 Å². The lowest BCUT2D eigenvalue weighted by Gasteiger charge is -2.26. The van der Waals surface area contributed by atoms with E-state index in [4.69, 9.17) is 9.97 Å². The summed E-state index contributed by atoms with van der Waals surface area (Å²) in [4.78, 5) is 14.1. The van der Waals surface area contributed by atoms with Crippen LogP contribution < -0.4 is 0 Å². The maximum absolute atomic E-state index is 4.97. The predicted molar refractivity (Wildman–Crippen MR) is 169 cm³/mol. The number of nitrogens with zero attached hydrogens (tertiary/aromatic N) is 3. The van der Waals surface area contributed by atoms with Gasteiger partial charge in [0.05, 0.1) is 17.1 Å². The summed E-state index contributed by atoms with van der Waals surface area (Å²) in [5, 5.41) is 0. The van der Waals surface area contributed by atoms with Gasteiger partial charge >= 0.3 is 0 Å². The quantitative estimate of drug-likeness (QED) is 0.151. The number of aliphatic imine (C=N–C) groups is 1. The van der Waals surface area contributed by atoms with Crippen molar-refractivity contribution < 1.29 is 0 Å².